The smallest absolute Gasteiger partial charge is 0.224 e. The van der Waals surface area contributed by atoms with Gasteiger partial charge >= 0.3 is 0 Å². The van der Waals surface area contributed by atoms with E-state index in [4.69, 9.17) is 5.11 Å². The molecule has 1 N–H and O–H groups in total. The monoisotopic (exact) mass is 161 g/mol. The maximum absolute atomic E-state index is 11.0. The fourth-order valence-electron chi connectivity index (χ4n) is 0.714. The number of rotatable bonds is 5. The van der Waals surface area contributed by atoms with Gasteiger partial charge in [0.05, 0.1) is 0 Å². The van der Waals surface area contributed by atoms with Gasteiger partial charge in [-0.15, -0.1) is 0 Å². The van der Waals surface area contributed by atoms with Crippen molar-refractivity contribution in [3.63, 3.8) is 0 Å². The van der Waals surface area contributed by atoms with Gasteiger partial charge in [-0.3, -0.25) is 4.79 Å². The molecule has 0 aliphatic heterocycles. The number of aliphatic hydroxyl groups excluding tert-OH is 1. The summed E-state index contributed by atoms with van der Waals surface area (Å²) in [6.07, 6.45) is 0.475. The zero-order valence-corrected chi connectivity index (χ0v) is 7.04. The fraction of sp³-hybridized carbons (Fsp3) is 0.857. The van der Waals surface area contributed by atoms with Crippen molar-refractivity contribution in [3.05, 3.63) is 0 Å². The first-order chi connectivity index (χ1) is 5.26. The lowest BCUT2D eigenvalue weighted by Crippen LogP contribution is -2.32. The number of hydrogen-bond donors (Lipinski definition) is 1. The molecule has 0 aromatic carbocycles. The molecule has 0 spiro atoms. The van der Waals surface area contributed by atoms with E-state index in [-0.39, 0.29) is 19.4 Å². The molecule has 0 saturated carbocycles. The summed E-state index contributed by atoms with van der Waals surface area (Å²) in [5.74, 6) is 0.0425. The van der Waals surface area contributed by atoms with E-state index in [2.05, 4.69) is 4.74 Å². The minimum absolute atomic E-state index is 0.0425. The molecule has 4 nitrogen and oxygen atoms in total. The summed E-state index contributed by atoms with van der Waals surface area (Å²) < 4.78 is 4.67. The lowest BCUT2D eigenvalue weighted by molar-refractivity contribution is -0.139. The first-order valence-electron chi connectivity index (χ1n) is 3.72. The summed E-state index contributed by atoms with van der Waals surface area (Å²) in [5, 5.41) is 8.30. The third-order valence-electron chi connectivity index (χ3n) is 1.38. The molecule has 0 rings (SSSR count). The minimum atomic E-state index is -0.340. The van der Waals surface area contributed by atoms with Crippen LogP contribution < -0.4 is 0 Å². The van der Waals surface area contributed by atoms with Gasteiger partial charge in [-0.1, -0.05) is 6.92 Å². The van der Waals surface area contributed by atoms with Crippen molar-refractivity contribution < 1.29 is 14.6 Å². The van der Waals surface area contributed by atoms with Gasteiger partial charge in [0.25, 0.3) is 0 Å². The average Bonchev–Trinajstić information content (AvgIpc) is 2.05. The zero-order chi connectivity index (χ0) is 8.69. The molecule has 0 heterocycles. The van der Waals surface area contributed by atoms with Crippen LogP contribution in [0.1, 0.15) is 20.3 Å². The number of nitrogens with zero attached hydrogens (tertiary/aromatic N) is 1. The number of hydrogen-bond acceptors (Lipinski definition) is 3. The molecule has 0 aliphatic carbocycles. The Morgan fingerprint density at radius 2 is 2.18 bits per heavy atom. The van der Waals surface area contributed by atoms with Gasteiger partial charge in [-0.2, -0.15) is 0 Å². The maximum Gasteiger partial charge on any atom is 0.224 e. The van der Waals surface area contributed by atoms with E-state index in [0.29, 0.717) is 13.0 Å². The van der Waals surface area contributed by atoms with Crippen molar-refractivity contribution in [2.75, 3.05) is 20.1 Å². The van der Waals surface area contributed by atoms with Gasteiger partial charge in [-0.25, -0.2) is 0 Å². The summed E-state index contributed by atoms with van der Waals surface area (Å²) in [7, 11) is 0. The molecule has 11 heavy (non-hydrogen) atoms. The summed E-state index contributed by atoms with van der Waals surface area (Å²) >= 11 is 0. The number of carbonyl (C=O) groups is 1. The molecule has 0 aliphatic rings. The van der Waals surface area contributed by atoms with E-state index in [1.807, 2.05) is 6.92 Å². The quantitative estimate of drug-likeness (QED) is 0.585. The van der Waals surface area contributed by atoms with Gasteiger partial charge in [0.1, 0.15) is 13.5 Å². The summed E-state index contributed by atoms with van der Waals surface area (Å²) in [4.78, 5) is 12.6. The lowest BCUT2D eigenvalue weighted by atomic mass is 10.4. The van der Waals surface area contributed by atoms with Crippen LogP contribution in [-0.2, 0) is 9.53 Å². The molecule has 66 valence electrons. The molecule has 0 atom stereocenters. The van der Waals surface area contributed by atoms with E-state index in [1.54, 1.807) is 6.92 Å². The van der Waals surface area contributed by atoms with Gasteiger partial charge < -0.3 is 14.7 Å². The van der Waals surface area contributed by atoms with Crippen LogP contribution >= 0.6 is 0 Å². The Morgan fingerprint density at radius 1 is 1.55 bits per heavy atom. The molecule has 0 aromatic heterocycles. The average molecular weight is 161 g/mol. The second kappa shape index (κ2) is 6.12. The largest absolute Gasteiger partial charge is 0.371 e. The SMILES string of the molecule is CCC(=O)N(CC)COCO. The molecular weight excluding hydrogens is 146 g/mol. The van der Waals surface area contributed by atoms with Gasteiger partial charge in [0.15, 0.2) is 0 Å². The molecule has 0 radical (unpaired) electrons. The molecule has 0 saturated heterocycles. The van der Waals surface area contributed by atoms with E-state index in [0.717, 1.165) is 0 Å². The summed E-state index contributed by atoms with van der Waals surface area (Å²) in [5.41, 5.74) is 0. The lowest BCUT2D eigenvalue weighted by Gasteiger charge is -2.18. The van der Waals surface area contributed by atoms with Gasteiger partial charge in [0, 0.05) is 13.0 Å². The number of carbonyl (C=O) groups excluding carboxylic acids is 1. The molecule has 4 heteroatoms. The van der Waals surface area contributed by atoms with E-state index >= 15 is 0 Å². The Balaban J connectivity index is 3.65. The Hall–Kier alpha value is -0.610. The summed E-state index contributed by atoms with van der Waals surface area (Å²) in [6.45, 7) is 4.12. The normalized spacial score (nSPS) is 9.73. The predicted molar refractivity (Wildman–Crippen MR) is 40.7 cm³/mol. The topological polar surface area (TPSA) is 49.8 Å². The zero-order valence-electron chi connectivity index (χ0n) is 7.04. The Labute approximate surface area is 66.8 Å². The van der Waals surface area contributed by atoms with Crippen LogP contribution in [0.2, 0.25) is 0 Å². The summed E-state index contributed by atoms with van der Waals surface area (Å²) in [6, 6.07) is 0. The van der Waals surface area contributed by atoms with Crippen LogP contribution in [0.25, 0.3) is 0 Å². The Morgan fingerprint density at radius 3 is 2.55 bits per heavy atom. The molecule has 0 fully saturated rings. The molecule has 0 bridgehead atoms. The highest BCUT2D eigenvalue weighted by Gasteiger charge is 2.07. The van der Waals surface area contributed by atoms with Crippen molar-refractivity contribution in [2.45, 2.75) is 20.3 Å². The number of aliphatic hydroxyl groups is 1. The minimum Gasteiger partial charge on any atom is -0.371 e. The van der Waals surface area contributed by atoms with Crippen molar-refractivity contribution in [1.82, 2.24) is 4.90 Å². The Kier molecular flexibility index (Phi) is 5.78. The van der Waals surface area contributed by atoms with Crippen LogP contribution in [0.3, 0.4) is 0 Å². The second-order valence-electron chi connectivity index (χ2n) is 2.07. The molecule has 0 aromatic rings. The van der Waals surface area contributed by atoms with Crippen molar-refractivity contribution in [3.8, 4) is 0 Å². The molecule has 1 amide bonds. The first-order valence-corrected chi connectivity index (χ1v) is 3.72. The van der Waals surface area contributed by atoms with Crippen LogP contribution in [0.4, 0.5) is 0 Å². The molecular formula is C7H15NO3. The fourth-order valence-corrected chi connectivity index (χ4v) is 0.714. The third-order valence-corrected chi connectivity index (χ3v) is 1.38. The van der Waals surface area contributed by atoms with Crippen LogP contribution in [-0.4, -0.2) is 36.0 Å². The highest BCUT2D eigenvalue weighted by atomic mass is 16.6. The maximum atomic E-state index is 11.0. The van der Waals surface area contributed by atoms with E-state index in [9.17, 15) is 4.79 Å². The van der Waals surface area contributed by atoms with Gasteiger partial charge in [0.2, 0.25) is 5.91 Å². The van der Waals surface area contributed by atoms with Crippen molar-refractivity contribution >= 4 is 5.91 Å². The van der Waals surface area contributed by atoms with Crippen LogP contribution in [0.5, 0.6) is 0 Å². The van der Waals surface area contributed by atoms with Gasteiger partial charge in [-0.05, 0) is 6.92 Å². The number of amides is 1. The van der Waals surface area contributed by atoms with E-state index in [1.165, 1.54) is 4.90 Å². The van der Waals surface area contributed by atoms with E-state index < -0.39 is 0 Å². The standard InChI is InChI=1S/C7H15NO3/c1-3-7(10)8(4-2)5-11-6-9/h9H,3-6H2,1-2H3. The highest BCUT2D eigenvalue weighted by Crippen LogP contribution is 1.93. The second-order valence-corrected chi connectivity index (χ2v) is 2.07. The highest BCUT2D eigenvalue weighted by molar-refractivity contribution is 5.75. The predicted octanol–water partition coefficient (Wildman–Crippen LogP) is 0.169. The van der Waals surface area contributed by atoms with Crippen molar-refractivity contribution in [2.24, 2.45) is 0 Å². The third kappa shape index (κ3) is 3.95. The first kappa shape index (κ1) is 10.4. The number of ether oxygens (including phenoxy) is 1. The Bertz CT molecular complexity index is 116. The molecule has 0 unspecified atom stereocenters. The van der Waals surface area contributed by atoms with Crippen LogP contribution in [0, 0.1) is 0 Å². The van der Waals surface area contributed by atoms with Crippen molar-refractivity contribution in [1.29, 1.82) is 0 Å². The van der Waals surface area contributed by atoms with Crippen LogP contribution in [0.15, 0.2) is 0 Å².